The molecule has 0 N–H and O–H groups in total. The van der Waals surface area contributed by atoms with Crippen molar-refractivity contribution in [2.24, 2.45) is 11.8 Å². The SMILES string of the molecule is COc1ncccc1CN1C[C@@H]2OCC[C@@H]2[C@H](C(=O)N2CCCO2)C1. The molecule has 7 heteroatoms. The zero-order valence-electron chi connectivity index (χ0n) is 14.6. The van der Waals surface area contributed by atoms with Crippen molar-refractivity contribution < 1.29 is 19.1 Å². The second-order valence-electron chi connectivity index (χ2n) is 6.96. The van der Waals surface area contributed by atoms with Gasteiger partial charge in [0.1, 0.15) is 0 Å². The molecule has 0 bridgehead atoms. The third-order valence-electron chi connectivity index (χ3n) is 5.42. The zero-order valence-corrected chi connectivity index (χ0v) is 14.6. The standard InChI is InChI=1S/C18H25N3O4/c1-23-17-13(4-2-6-19-17)10-20-11-15(14-5-9-24-16(14)12-20)18(22)21-7-3-8-25-21/h2,4,6,14-16H,3,5,7-12H2,1H3/t14-,15-,16+/m1/s1. The zero-order chi connectivity index (χ0) is 17.2. The Labute approximate surface area is 147 Å². The Morgan fingerprint density at radius 2 is 2.32 bits per heavy atom. The van der Waals surface area contributed by atoms with Gasteiger partial charge in [-0.2, -0.15) is 0 Å². The largest absolute Gasteiger partial charge is 0.481 e. The normalized spacial score (nSPS) is 29.6. The van der Waals surface area contributed by atoms with Crippen LogP contribution in [0.1, 0.15) is 18.4 Å². The minimum Gasteiger partial charge on any atom is -0.481 e. The summed E-state index contributed by atoms with van der Waals surface area (Å²) in [6.07, 6.45) is 3.72. The number of hydrogen-bond acceptors (Lipinski definition) is 6. The number of aromatic nitrogens is 1. The van der Waals surface area contributed by atoms with E-state index < -0.39 is 0 Å². The van der Waals surface area contributed by atoms with Crippen molar-refractivity contribution in [3.8, 4) is 5.88 Å². The second kappa shape index (κ2) is 7.27. The van der Waals surface area contributed by atoms with E-state index in [0.717, 1.165) is 38.1 Å². The van der Waals surface area contributed by atoms with Crippen molar-refractivity contribution in [3.63, 3.8) is 0 Å². The first-order valence-electron chi connectivity index (χ1n) is 9.02. The van der Waals surface area contributed by atoms with Gasteiger partial charge in [0.15, 0.2) is 0 Å². The minimum atomic E-state index is -0.0676. The maximum absolute atomic E-state index is 12.9. The van der Waals surface area contributed by atoms with E-state index in [1.807, 2.05) is 12.1 Å². The molecule has 4 rings (SSSR count). The van der Waals surface area contributed by atoms with Crippen LogP contribution >= 0.6 is 0 Å². The maximum Gasteiger partial charge on any atom is 0.250 e. The van der Waals surface area contributed by atoms with Gasteiger partial charge in [0.2, 0.25) is 5.88 Å². The van der Waals surface area contributed by atoms with Gasteiger partial charge in [0.05, 0.1) is 32.3 Å². The van der Waals surface area contributed by atoms with E-state index in [4.69, 9.17) is 14.3 Å². The number of pyridine rings is 1. The summed E-state index contributed by atoms with van der Waals surface area (Å²) in [6, 6.07) is 3.94. The first-order chi connectivity index (χ1) is 12.3. The molecule has 3 aliphatic rings. The van der Waals surface area contributed by atoms with Gasteiger partial charge >= 0.3 is 0 Å². The number of hydrogen-bond donors (Lipinski definition) is 0. The number of likely N-dealkylation sites (tertiary alicyclic amines) is 1. The number of carbonyl (C=O) groups excluding carboxylic acids is 1. The third kappa shape index (κ3) is 3.36. The third-order valence-corrected chi connectivity index (χ3v) is 5.42. The molecule has 1 aromatic heterocycles. The molecule has 1 aromatic rings. The van der Waals surface area contributed by atoms with Gasteiger partial charge in [-0.1, -0.05) is 6.07 Å². The van der Waals surface area contributed by atoms with Crippen molar-refractivity contribution >= 4 is 5.91 Å². The minimum absolute atomic E-state index is 0.0676. The Hall–Kier alpha value is -1.70. The van der Waals surface area contributed by atoms with Crippen LogP contribution in [-0.4, -0.2) is 66.9 Å². The van der Waals surface area contributed by atoms with E-state index in [0.29, 0.717) is 31.5 Å². The van der Waals surface area contributed by atoms with Crippen LogP contribution in [0, 0.1) is 11.8 Å². The van der Waals surface area contributed by atoms with E-state index >= 15 is 0 Å². The van der Waals surface area contributed by atoms with E-state index in [2.05, 4.69) is 9.88 Å². The van der Waals surface area contributed by atoms with Gasteiger partial charge in [-0.3, -0.25) is 14.5 Å². The lowest BCUT2D eigenvalue weighted by molar-refractivity contribution is -0.179. The molecular formula is C18H25N3O4. The molecule has 136 valence electrons. The molecule has 4 heterocycles. The molecule has 3 aliphatic heterocycles. The van der Waals surface area contributed by atoms with Gasteiger partial charge < -0.3 is 9.47 Å². The average Bonchev–Trinajstić information content (AvgIpc) is 3.32. The fourth-order valence-corrected chi connectivity index (χ4v) is 4.22. The molecule has 0 radical (unpaired) electrons. The average molecular weight is 347 g/mol. The monoisotopic (exact) mass is 347 g/mol. The highest BCUT2D eigenvalue weighted by Gasteiger charge is 2.45. The van der Waals surface area contributed by atoms with Crippen LogP contribution in [0.3, 0.4) is 0 Å². The number of ether oxygens (including phenoxy) is 2. The highest BCUT2D eigenvalue weighted by Crippen LogP contribution is 2.36. The quantitative estimate of drug-likeness (QED) is 0.812. The number of amides is 1. The van der Waals surface area contributed by atoms with E-state index in [-0.39, 0.29) is 17.9 Å². The summed E-state index contributed by atoms with van der Waals surface area (Å²) >= 11 is 0. The number of fused-ring (bicyclic) bond motifs is 1. The smallest absolute Gasteiger partial charge is 0.250 e. The topological polar surface area (TPSA) is 64.1 Å². The molecule has 7 nitrogen and oxygen atoms in total. The molecule has 1 amide bonds. The van der Waals surface area contributed by atoms with E-state index in [9.17, 15) is 4.79 Å². The van der Waals surface area contributed by atoms with Gasteiger partial charge in [-0.05, 0) is 18.9 Å². The molecule has 3 atom stereocenters. The van der Waals surface area contributed by atoms with Gasteiger partial charge in [0, 0.05) is 43.9 Å². The van der Waals surface area contributed by atoms with Crippen molar-refractivity contribution in [2.75, 3.05) is 40.0 Å². The van der Waals surface area contributed by atoms with Crippen molar-refractivity contribution in [2.45, 2.75) is 25.5 Å². The predicted molar refractivity (Wildman–Crippen MR) is 89.7 cm³/mol. The maximum atomic E-state index is 12.9. The van der Waals surface area contributed by atoms with Crippen molar-refractivity contribution in [3.05, 3.63) is 23.9 Å². The fraction of sp³-hybridized carbons (Fsp3) is 0.667. The summed E-state index contributed by atoms with van der Waals surface area (Å²) in [5, 5.41) is 1.56. The summed E-state index contributed by atoms with van der Waals surface area (Å²) in [6.45, 7) is 4.34. The first-order valence-corrected chi connectivity index (χ1v) is 9.02. The number of hydroxylamine groups is 2. The Morgan fingerprint density at radius 1 is 1.40 bits per heavy atom. The Morgan fingerprint density at radius 3 is 3.12 bits per heavy atom. The van der Waals surface area contributed by atoms with Crippen LogP contribution < -0.4 is 4.74 Å². The number of rotatable bonds is 4. The summed E-state index contributed by atoms with van der Waals surface area (Å²) in [7, 11) is 1.63. The predicted octanol–water partition coefficient (Wildman–Crippen LogP) is 1.09. The molecule has 0 unspecified atom stereocenters. The first kappa shape index (κ1) is 16.8. The van der Waals surface area contributed by atoms with Crippen LogP contribution in [0.4, 0.5) is 0 Å². The molecule has 0 aliphatic carbocycles. The lowest BCUT2D eigenvalue weighted by Crippen LogP contribution is -2.52. The van der Waals surface area contributed by atoms with Gasteiger partial charge in [-0.25, -0.2) is 10.0 Å². The van der Waals surface area contributed by atoms with Gasteiger partial charge in [0.25, 0.3) is 5.91 Å². The molecule has 3 fully saturated rings. The lowest BCUT2D eigenvalue weighted by Gasteiger charge is -2.40. The van der Waals surface area contributed by atoms with Crippen LogP contribution in [-0.2, 0) is 20.9 Å². The molecular weight excluding hydrogens is 322 g/mol. The Kier molecular flexibility index (Phi) is 4.87. The van der Waals surface area contributed by atoms with E-state index in [1.54, 1.807) is 18.4 Å². The van der Waals surface area contributed by atoms with Crippen LogP contribution in [0.25, 0.3) is 0 Å². The summed E-state index contributed by atoms with van der Waals surface area (Å²) in [4.78, 5) is 25.0. The summed E-state index contributed by atoms with van der Waals surface area (Å²) < 4.78 is 11.3. The van der Waals surface area contributed by atoms with Crippen LogP contribution in [0.2, 0.25) is 0 Å². The number of methoxy groups -OCH3 is 1. The molecule has 0 aromatic carbocycles. The van der Waals surface area contributed by atoms with E-state index in [1.165, 1.54) is 0 Å². The highest BCUT2D eigenvalue weighted by atomic mass is 16.7. The molecule has 3 saturated heterocycles. The van der Waals surface area contributed by atoms with Crippen LogP contribution in [0.15, 0.2) is 18.3 Å². The second-order valence-corrected chi connectivity index (χ2v) is 6.96. The fourth-order valence-electron chi connectivity index (χ4n) is 4.22. The Bertz CT molecular complexity index is 620. The van der Waals surface area contributed by atoms with Crippen LogP contribution in [0.5, 0.6) is 5.88 Å². The molecule has 25 heavy (non-hydrogen) atoms. The van der Waals surface area contributed by atoms with Gasteiger partial charge in [-0.15, -0.1) is 0 Å². The van der Waals surface area contributed by atoms with Crippen molar-refractivity contribution in [1.29, 1.82) is 0 Å². The number of carbonyl (C=O) groups is 1. The Balaban J connectivity index is 1.50. The van der Waals surface area contributed by atoms with Crippen molar-refractivity contribution in [1.82, 2.24) is 14.9 Å². The number of piperidine rings is 1. The molecule has 0 saturated carbocycles. The molecule has 0 spiro atoms. The highest BCUT2D eigenvalue weighted by molar-refractivity contribution is 5.79. The summed E-state index contributed by atoms with van der Waals surface area (Å²) in [5.74, 6) is 0.981. The summed E-state index contributed by atoms with van der Waals surface area (Å²) in [5.41, 5.74) is 1.03. The number of nitrogens with zero attached hydrogens (tertiary/aromatic N) is 3. The lowest BCUT2D eigenvalue weighted by atomic mass is 9.82.